The van der Waals surface area contributed by atoms with E-state index in [0.717, 1.165) is 5.56 Å². The van der Waals surface area contributed by atoms with E-state index in [1.54, 1.807) is 0 Å². The summed E-state index contributed by atoms with van der Waals surface area (Å²) >= 11 is 0. The van der Waals surface area contributed by atoms with Crippen molar-refractivity contribution in [1.82, 2.24) is 5.32 Å². The van der Waals surface area contributed by atoms with Crippen LogP contribution in [0.4, 0.5) is 5.69 Å². The van der Waals surface area contributed by atoms with E-state index in [0.29, 0.717) is 0 Å². The Morgan fingerprint density at radius 1 is 0.958 bits per heavy atom. The first-order valence-corrected chi connectivity index (χ1v) is 8.98. The van der Waals surface area contributed by atoms with E-state index in [4.69, 9.17) is 0 Å². The number of hydrogen-bond acceptors (Lipinski definition) is 3. The third kappa shape index (κ3) is 3.97. The molecular formula is C21H28N2O. The molecule has 3 nitrogen and oxygen atoms in total. The summed E-state index contributed by atoms with van der Waals surface area (Å²) < 4.78 is 0. The van der Waals surface area contributed by atoms with Gasteiger partial charge in [-0.15, -0.1) is 0 Å². The fraction of sp³-hybridized carbons (Fsp3) is 0.429. The van der Waals surface area contributed by atoms with Crippen LogP contribution >= 0.6 is 0 Å². The molecule has 3 rings (SSSR count). The Balaban J connectivity index is 1.69. The van der Waals surface area contributed by atoms with Crippen LogP contribution in [0.5, 0.6) is 0 Å². The first-order valence-electron chi connectivity index (χ1n) is 8.98. The topological polar surface area (TPSA) is 35.5 Å². The molecule has 0 amide bonds. The van der Waals surface area contributed by atoms with Crippen molar-refractivity contribution in [3.63, 3.8) is 0 Å². The molecule has 2 unspecified atom stereocenters. The highest BCUT2D eigenvalue weighted by Gasteiger charge is 2.15. The van der Waals surface area contributed by atoms with Crippen LogP contribution in [-0.2, 0) is 6.61 Å². The molecule has 0 spiro atoms. The van der Waals surface area contributed by atoms with Crippen molar-refractivity contribution in [1.29, 1.82) is 0 Å². The average Bonchev–Trinajstić information content (AvgIpc) is 3.16. The van der Waals surface area contributed by atoms with E-state index < -0.39 is 0 Å². The van der Waals surface area contributed by atoms with Crippen molar-refractivity contribution in [2.24, 2.45) is 0 Å². The Morgan fingerprint density at radius 3 is 2.25 bits per heavy atom. The molecule has 1 saturated heterocycles. The van der Waals surface area contributed by atoms with Crippen LogP contribution in [0.15, 0.2) is 48.5 Å². The average molecular weight is 324 g/mol. The van der Waals surface area contributed by atoms with E-state index in [1.165, 1.54) is 42.7 Å². The highest BCUT2D eigenvalue weighted by molar-refractivity contribution is 5.49. The van der Waals surface area contributed by atoms with E-state index in [1.807, 2.05) is 12.1 Å². The first kappa shape index (κ1) is 17.0. The molecule has 0 saturated carbocycles. The molecule has 0 aliphatic carbocycles. The van der Waals surface area contributed by atoms with Gasteiger partial charge in [0.25, 0.3) is 0 Å². The summed E-state index contributed by atoms with van der Waals surface area (Å²) in [5, 5.41) is 13.0. The highest BCUT2D eigenvalue weighted by Crippen LogP contribution is 2.25. The van der Waals surface area contributed by atoms with Crippen molar-refractivity contribution < 1.29 is 5.11 Å². The number of aliphatic hydroxyl groups excluding tert-OH is 1. The predicted octanol–water partition coefficient (Wildman–Crippen LogP) is 4.19. The zero-order valence-corrected chi connectivity index (χ0v) is 14.7. The molecule has 2 N–H and O–H groups in total. The summed E-state index contributed by atoms with van der Waals surface area (Å²) in [5.41, 5.74) is 4.84. The molecule has 3 heteroatoms. The molecule has 2 aromatic rings. The Bertz CT molecular complexity index is 664. The number of anilines is 1. The third-order valence-electron chi connectivity index (χ3n) is 4.98. The minimum Gasteiger partial charge on any atom is -0.392 e. The summed E-state index contributed by atoms with van der Waals surface area (Å²) in [6.45, 7) is 6.84. The van der Waals surface area contributed by atoms with Gasteiger partial charge in [-0.1, -0.05) is 36.4 Å². The zero-order valence-electron chi connectivity index (χ0n) is 14.7. The lowest BCUT2D eigenvalue weighted by atomic mass is 10.0. The molecule has 2 atom stereocenters. The SMILES string of the molecule is CC(NC(C)c1cccc(N2CCCC2)c1)c1cccc(CO)c1. The standard InChI is InChI=1S/C21H28N2O/c1-16(19-8-5-7-18(13-19)15-24)22-17(2)20-9-6-10-21(14-20)23-11-3-4-12-23/h5-10,13-14,16-17,22,24H,3-4,11-12,15H2,1-2H3. The normalized spacial score (nSPS) is 17.0. The molecule has 128 valence electrons. The minimum atomic E-state index is 0.0913. The second-order valence-electron chi connectivity index (χ2n) is 6.80. The van der Waals surface area contributed by atoms with Crippen LogP contribution in [0.2, 0.25) is 0 Å². The fourth-order valence-electron chi connectivity index (χ4n) is 3.49. The second kappa shape index (κ2) is 7.82. The lowest BCUT2D eigenvalue weighted by Crippen LogP contribution is -2.23. The Morgan fingerprint density at radius 2 is 1.58 bits per heavy atom. The van der Waals surface area contributed by atoms with Crippen molar-refractivity contribution in [3.8, 4) is 0 Å². The van der Waals surface area contributed by atoms with E-state index in [-0.39, 0.29) is 18.7 Å². The van der Waals surface area contributed by atoms with E-state index in [2.05, 4.69) is 60.5 Å². The van der Waals surface area contributed by atoms with Crippen molar-refractivity contribution in [2.75, 3.05) is 18.0 Å². The Labute approximate surface area is 145 Å². The fourth-order valence-corrected chi connectivity index (χ4v) is 3.49. The molecule has 1 aliphatic rings. The molecule has 1 aliphatic heterocycles. The van der Waals surface area contributed by atoms with E-state index >= 15 is 0 Å². The largest absolute Gasteiger partial charge is 0.392 e. The number of rotatable bonds is 6. The smallest absolute Gasteiger partial charge is 0.0681 e. The summed E-state index contributed by atoms with van der Waals surface area (Å²) in [5.74, 6) is 0. The second-order valence-corrected chi connectivity index (χ2v) is 6.80. The van der Waals surface area contributed by atoms with Gasteiger partial charge in [0.05, 0.1) is 6.61 Å². The molecular weight excluding hydrogens is 296 g/mol. The first-order chi connectivity index (χ1) is 11.7. The van der Waals surface area contributed by atoms with E-state index in [9.17, 15) is 5.11 Å². The summed E-state index contributed by atoms with van der Waals surface area (Å²) in [7, 11) is 0. The lowest BCUT2D eigenvalue weighted by Gasteiger charge is -2.23. The molecule has 24 heavy (non-hydrogen) atoms. The van der Waals surface area contributed by atoms with Crippen molar-refractivity contribution in [3.05, 3.63) is 65.2 Å². The summed E-state index contributed by atoms with van der Waals surface area (Å²) in [4.78, 5) is 2.48. The minimum absolute atomic E-state index is 0.0913. The highest BCUT2D eigenvalue weighted by atomic mass is 16.3. The number of hydrogen-bond donors (Lipinski definition) is 2. The van der Waals surface area contributed by atoms with Gasteiger partial charge in [-0.3, -0.25) is 0 Å². The van der Waals surface area contributed by atoms with Gasteiger partial charge in [0.15, 0.2) is 0 Å². The Hall–Kier alpha value is -1.84. The predicted molar refractivity (Wildman–Crippen MR) is 100 cm³/mol. The number of nitrogens with one attached hydrogen (secondary N) is 1. The Kier molecular flexibility index (Phi) is 5.54. The van der Waals surface area contributed by atoms with Gasteiger partial charge in [-0.2, -0.15) is 0 Å². The number of nitrogens with zero attached hydrogens (tertiary/aromatic N) is 1. The van der Waals surface area contributed by atoms with Crippen LogP contribution in [0.1, 0.15) is 55.5 Å². The third-order valence-corrected chi connectivity index (χ3v) is 4.98. The molecule has 0 aromatic heterocycles. The number of benzene rings is 2. The van der Waals surface area contributed by atoms with Crippen molar-refractivity contribution in [2.45, 2.75) is 45.4 Å². The van der Waals surface area contributed by atoms with Crippen LogP contribution in [0.3, 0.4) is 0 Å². The quantitative estimate of drug-likeness (QED) is 0.836. The molecule has 1 heterocycles. The molecule has 0 radical (unpaired) electrons. The van der Waals surface area contributed by atoms with Gasteiger partial charge in [0.2, 0.25) is 0 Å². The van der Waals surface area contributed by atoms with Gasteiger partial charge >= 0.3 is 0 Å². The lowest BCUT2D eigenvalue weighted by molar-refractivity contribution is 0.281. The maximum absolute atomic E-state index is 9.31. The van der Waals surface area contributed by atoms with Crippen molar-refractivity contribution >= 4 is 5.69 Å². The molecule has 1 fully saturated rings. The van der Waals surface area contributed by atoms with Gasteiger partial charge in [0.1, 0.15) is 0 Å². The monoisotopic (exact) mass is 324 g/mol. The maximum atomic E-state index is 9.31. The van der Waals surface area contributed by atoms with Gasteiger partial charge in [-0.05, 0) is 55.5 Å². The van der Waals surface area contributed by atoms with Crippen LogP contribution in [0, 0.1) is 0 Å². The zero-order chi connectivity index (χ0) is 16.9. The number of aliphatic hydroxyl groups is 1. The van der Waals surface area contributed by atoms with Crippen LogP contribution in [0.25, 0.3) is 0 Å². The molecule has 0 bridgehead atoms. The summed E-state index contributed by atoms with van der Waals surface area (Å²) in [6.07, 6.45) is 2.60. The van der Waals surface area contributed by atoms with Gasteiger partial charge < -0.3 is 15.3 Å². The maximum Gasteiger partial charge on any atom is 0.0681 e. The van der Waals surface area contributed by atoms with Crippen LogP contribution < -0.4 is 10.2 Å². The van der Waals surface area contributed by atoms with Crippen LogP contribution in [-0.4, -0.2) is 18.2 Å². The van der Waals surface area contributed by atoms with Gasteiger partial charge in [0, 0.05) is 30.9 Å². The summed E-state index contributed by atoms with van der Waals surface area (Å²) in [6, 6.07) is 17.6. The molecule has 2 aromatic carbocycles. The van der Waals surface area contributed by atoms with Gasteiger partial charge in [-0.25, -0.2) is 0 Å².